The van der Waals surface area contributed by atoms with Crippen molar-refractivity contribution in [2.75, 3.05) is 5.32 Å². The molecule has 0 aliphatic rings. The molecule has 0 fully saturated rings. The molecule has 18 heavy (non-hydrogen) atoms. The van der Waals surface area contributed by atoms with Gasteiger partial charge >= 0.3 is 0 Å². The third-order valence-electron chi connectivity index (χ3n) is 2.42. The van der Waals surface area contributed by atoms with Crippen molar-refractivity contribution in [1.82, 2.24) is 20.0 Å². The molecule has 0 aromatic carbocycles. The van der Waals surface area contributed by atoms with E-state index >= 15 is 0 Å². The van der Waals surface area contributed by atoms with Gasteiger partial charge in [0.2, 0.25) is 0 Å². The number of halogens is 1. The number of pyridine rings is 1. The quantitative estimate of drug-likeness (QED) is 0.905. The van der Waals surface area contributed by atoms with E-state index in [0.717, 1.165) is 5.69 Å². The lowest BCUT2D eigenvalue weighted by Gasteiger charge is -2.17. The van der Waals surface area contributed by atoms with Crippen LogP contribution in [0.4, 0.5) is 10.2 Å². The molecular weight excluding hydrogens is 233 g/mol. The summed E-state index contributed by atoms with van der Waals surface area (Å²) in [5.41, 5.74) is 0.636. The standard InChI is InChI=1S/C12H16FN5/c1-12(2,3)18-8-9(16-17-18)7-15-11-10(13)5-4-6-14-11/h4-6,8H,7H2,1-3H3,(H,14,15). The summed E-state index contributed by atoms with van der Waals surface area (Å²) in [4.78, 5) is 3.91. The molecule has 0 amide bonds. The predicted octanol–water partition coefficient (Wildman–Crippen LogP) is 2.18. The number of rotatable bonds is 3. The molecule has 6 heteroatoms. The van der Waals surface area contributed by atoms with Crippen LogP contribution in [0.3, 0.4) is 0 Å². The van der Waals surface area contributed by atoms with Gasteiger partial charge in [0.1, 0.15) is 5.69 Å². The first-order valence-corrected chi connectivity index (χ1v) is 5.73. The fourth-order valence-corrected chi connectivity index (χ4v) is 1.40. The Kier molecular flexibility index (Phi) is 3.27. The fourth-order valence-electron chi connectivity index (χ4n) is 1.40. The van der Waals surface area contributed by atoms with Gasteiger partial charge in [-0.15, -0.1) is 5.10 Å². The number of hydrogen-bond acceptors (Lipinski definition) is 4. The molecule has 0 atom stereocenters. The highest BCUT2D eigenvalue weighted by atomic mass is 19.1. The number of hydrogen-bond donors (Lipinski definition) is 1. The second kappa shape index (κ2) is 4.72. The number of anilines is 1. The molecule has 2 aromatic rings. The van der Waals surface area contributed by atoms with Gasteiger partial charge in [0.25, 0.3) is 0 Å². The lowest BCUT2D eigenvalue weighted by atomic mass is 10.1. The molecular formula is C12H16FN5. The second-order valence-corrected chi connectivity index (χ2v) is 5.01. The molecule has 0 radical (unpaired) electrons. The zero-order chi connectivity index (χ0) is 13.2. The van der Waals surface area contributed by atoms with Crippen molar-refractivity contribution >= 4 is 5.82 Å². The van der Waals surface area contributed by atoms with Crippen LogP contribution >= 0.6 is 0 Å². The van der Waals surface area contributed by atoms with Gasteiger partial charge in [-0.25, -0.2) is 14.1 Å². The summed E-state index contributed by atoms with van der Waals surface area (Å²) in [6.45, 7) is 6.51. The number of aromatic nitrogens is 4. The minimum absolute atomic E-state index is 0.110. The minimum Gasteiger partial charge on any atom is -0.362 e. The SMILES string of the molecule is CC(C)(C)n1cc(CNc2ncccc2F)nn1. The molecule has 5 nitrogen and oxygen atoms in total. The van der Waals surface area contributed by atoms with E-state index in [2.05, 4.69) is 20.6 Å². The maximum Gasteiger partial charge on any atom is 0.165 e. The van der Waals surface area contributed by atoms with Crippen molar-refractivity contribution in [2.24, 2.45) is 0 Å². The van der Waals surface area contributed by atoms with Crippen LogP contribution in [0.2, 0.25) is 0 Å². The zero-order valence-electron chi connectivity index (χ0n) is 10.7. The van der Waals surface area contributed by atoms with E-state index in [1.165, 1.54) is 12.3 Å². The van der Waals surface area contributed by atoms with Crippen molar-refractivity contribution in [3.8, 4) is 0 Å². The normalized spacial score (nSPS) is 11.6. The summed E-state index contributed by atoms with van der Waals surface area (Å²) in [5.74, 6) is -0.150. The van der Waals surface area contributed by atoms with Crippen LogP contribution in [0.25, 0.3) is 0 Å². The molecule has 0 bridgehead atoms. The van der Waals surface area contributed by atoms with Crippen molar-refractivity contribution in [3.63, 3.8) is 0 Å². The molecule has 0 aliphatic carbocycles. The lowest BCUT2D eigenvalue weighted by molar-refractivity contribution is 0.347. The Bertz CT molecular complexity index is 529. The first-order chi connectivity index (χ1) is 8.47. The molecule has 2 heterocycles. The molecule has 0 aliphatic heterocycles. The molecule has 0 saturated heterocycles. The summed E-state index contributed by atoms with van der Waals surface area (Å²) < 4.78 is 15.1. The highest BCUT2D eigenvalue weighted by molar-refractivity contribution is 5.35. The van der Waals surface area contributed by atoms with Crippen LogP contribution in [-0.2, 0) is 12.1 Å². The maximum atomic E-state index is 13.3. The fraction of sp³-hybridized carbons (Fsp3) is 0.417. The van der Waals surface area contributed by atoms with Crippen LogP contribution < -0.4 is 5.32 Å². The predicted molar refractivity (Wildman–Crippen MR) is 66.5 cm³/mol. The average molecular weight is 249 g/mol. The number of nitrogens with zero attached hydrogens (tertiary/aromatic N) is 4. The first kappa shape index (κ1) is 12.5. The van der Waals surface area contributed by atoms with Gasteiger partial charge in [-0.2, -0.15) is 0 Å². The Morgan fingerprint density at radius 3 is 2.78 bits per heavy atom. The highest BCUT2D eigenvalue weighted by Crippen LogP contribution is 2.13. The molecule has 0 saturated carbocycles. The number of nitrogens with one attached hydrogen (secondary N) is 1. The molecule has 0 unspecified atom stereocenters. The molecule has 2 rings (SSSR count). The second-order valence-electron chi connectivity index (χ2n) is 5.01. The van der Waals surface area contributed by atoms with Gasteiger partial charge in [0.15, 0.2) is 11.6 Å². The van der Waals surface area contributed by atoms with Gasteiger partial charge in [-0.3, -0.25) is 0 Å². The van der Waals surface area contributed by atoms with Gasteiger partial charge in [0.05, 0.1) is 18.3 Å². The van der Waals surface area contributed by atoms with Gasteiger partial charge in [-0.1, -0.05) is 5.21 Å². The summed E-state index contributed by atoms with van der Waals surface area (Å²) in [6, 6.07) is 2.91. The minimum atomic E-state index is -0.374. The van der Waals surface area contributed by atoms with E-state index in [4.69, 9.17) is 0 Å². The zero-order valence-corrected chi connectivity index (χ0v) is 10.7. The van der Waals surface area contributed by atoms with E-state index in [0.29, 0.717) is 6.54 Å². The largest absolute Gasteiger partial charge is 0.362 e. The molecule has 0 spiro atoms. The summed E-state index contributed by atoms with van der Waals surface area (Å²) in [7, 11) is 0. The van der Waals surface area contributed by atoms with Crippen LogP contribution in [0.5, 0.6) is 0 Å². The Hall–Kier alpha value is -1.98. The van der Waals surface area contributed by atoms with Crippen LogP contribution in [0.15, 0.2) is 24.5 Å². The van der Waals surface area contributed by atoms with Gasteiger partial charge in [0, 0.05) is 6.20 Å². The van der Waals surface area contributed by atoms with Gasteiger partial charge in [-0.05, 0) is 32.9 Å². The van der Waals surface area contributed by atoms with Crippen LogP contribution in [-0.4, -0.2) is 20.0 Å². The maximum absolute atomic E-state index is 13.3. The Balaban J connectivity index is 2.03. The van der Waals surface area contributed by atoms with E-state index in [1.807, 2.05) is 27.0 Å². The monoisotopic (exact) mass is 249 g/mol. The van der Waals surface area contributed by atoms with E-state index in [9.17, 15) is 4.39 Å². The van der Waals surface area contributed by atoms with Crippen molar-refractivity contribution in [1.29, 1.82) is 0 Å². The third kappa shape index (κ3) is 2.82. The highest BCUT2D eigenvalue weighted by Gasteiger charge is 2.15. The Labute approximate surface area is 105 Å². The third-order valence-corrected chi connectivity index (χ3v) is 2.42. The molecule has 2 aromatic heterocycles. The molecule has 96 valence electrons. The Morgan fingerprint density at radius 2 is 2.17 bits per heavy atom. The van der Waals surface area contributed by atoms with Crippen LogP contribution in [0.1, 0.15) is 26.5 Å². The van der Waals surface area contributed by atoms with Crippen molar-refractivity contribution in [3.05, 3.63) is 36.0 Å². The molecule has 1 N–H and O–H groups in total. The summed E-state index contributed by atoms with van der Waals surface area (Å²) >= 11 is 0. The van der Waals surface area contributed by atoms with E-state index in [1.54, 1.807) is 10.7 Å². The van der Waals surface area contributed by atoms with E-state index in [-0.39, 0.29) is 17.2 Å². The summed E-state index contributed by atoms with van der Waals surface area (Å²) in [5, 5.41) is 11.0. The van der Waals surface area contributed by atoms with Crippen molar-refractivity contribution < 1.29 is 4.39 Å². The lowest BCUT2D eigenvalue weighted by Crippen LogP contribution is -2.22. The average Bonchev–Trinajstić information content (AvgIpc) is 2.76. The smallest absolute Gasteiger partial charge is 0.165 e. The van der Waals surface area contributed by atoms with Gasteiger partial charge < -0.3 is 5.32 Å². The van der Waals surface area contributed by atoms with Crippen LogP contribution in [0, 0.1) is 5.82 Å². The first-order valence-electron chi connectivity index (χ1n) is 5.73. The Morgan fingerprint density at radius 1 is 1.39 bits per heavy atom. The van der Waals surface area contributed by atoms with Crippen molar-refractivity contribution in [2.45, 2.75) is 32.9 Å². The topological polar surface area (TPSA) is 55.6 Å². The summed E-state index contributed by atoms with van der Waals surface area (Å²) in [6.07, 6.45) is 3.38. The van der Waals surface area contributed by atoms with E-state index < -0.39 is 0 Å².